The molecular weight excluding hydrogens is 312 g/mol. The summed E-state index contributed by atoms with van der Waals surface area (Å²) < 4.78 is -0.649. The average molecular weight is 329 g/mol. The van der Waals surface area contributed by atoms with Crippen molar-refractivity contribution < 1.29 is 14.7 Å². The molecule has 0 atom stereocenters. The van der Waals surface area contributed by atoms with E-state index < -0.39 is 4.32 Å². The number of aliphatic hydroxyl groups excluding tert-OH is 1. The molecule has 3 N–H and O–H groups in total. The van der Waals surface area contributed by atoms with Crippen molar-refractivity contribution in [1.29, 1.82) is 0 Å². The van der Waals surface area contributed by atoms with E-state index in [4.69, 9.17) is 5.11 Å². The van der Waals surface area contributed by atoms with E-state index in [1.54, 1.807) is 38.1 Å². The Bertz CT molecular complexity index is 452. The highest BCUT2D eigenvalue weighted by atomic mass is 79.9. The van der Waals surface area contributed by atoms with Crippen LogP contribution in [0, 0.1) is 0 Å². The molecular formula is C13H17BrN2O3. The van der Waals surface area contributed by atoms with Crippen molar-refractivity contribution in [1.82, 2.24) is 5.32 Å². The van der Waals surface area contributed by atoms with Gasteiger partial charge in [-0.1, -0.05) is 15.9 Å². The lowest BCUT2D eigenvalue weighted by atomic mass is 10.1. The van der Waals surface area contributed by atoms with Gasteiger partial charge < -0.3 is 15.7 Å². The van der Waals surface area contributed by atoms with Crippen LogP contribution >= 0.6 is 15.9 Å². The van der Waals surface area contributed by atoms with Crippen molar-refractivity contribution >= 4 is 33.4 Å². The molecule has 0 aromatic heterocycles. The van der Waals surface area contributed by atoms with Gasteiger partial charge in [0.05, 0.1) is 10.9 Å². The summed E-state index contributed by atoms with van der Waals surface area (Å²) in [4.78, 5) is 23.3. The maximum absolute atomic E-state index is 11.7. The smallest absolute Gasteiger partial charge is 0.251 e. The minimum absolute atomic E-state index is 0.0970. The Morgan fingerprint density at radius 2 is 1.84 bits per heavy atom. The standard InChI is InChI=1S/C13H17BrN2O3/c1-13(2,14)12(19)16-10-5-3-9(4-6-10)11(18)15-7-8-17/h3-6,17H,7-8H2,1-2H3,(H,15,18)(H,16,19). The summed E-state index contributed by atoms with van der Waals surface area (Å²) in [5, 5.41) is 13.9. The summed E-state index contributed by atoms with van der Waals surface area (Å²) in [6.45, 7) is 3.62. The molecule has 1 aromatic carbocycles. The maximum Gasteiger partial charge on any atom is 0.251 e. The van der Waals surface area contributed by atoms with Crippen LogP contribution in [0.5, 0.6) is 0 Å². The van der Waals surface area contributed by atoms with Crippen molar-refractivity contribution in [2.45, 2.75) is 18.2 Å². The van der Waals surface area contributed by atoms with Crippen molar-refractivity contribution in [3.05, 3.63) is 29.8 Å². The Morgan fingerprint density at radius 1 is 1.26 bits per heavy atom. The molecule has 0 saturated heterocycles. The van der Waals surface area contributed by atoms with Crippen molar-refractivity contribution in [2.24, 2.45) is 0 Å². The van der Waals surface area contributed by atoms with Gasteiger partial charge in [0.25, 0.3) is 5.91 Å². The number of alkyl halides is 1. The highest BCUT2D eigenvalue weighted by Gasteiger charge is 2.23. The molecule has 0 heterocycles. The van der Waals surface area contributed by atoms with Gasteiger partial charge in [0, 0.05) is 17.8 Å². The predicted molar refractivity (Wildman–Crippen MR) is 77.5 cm³/mol. The molecule has 0 aliphatic heterocycles. The highest BCUT2D eigenvalue weighted by molar-refractivity contribution is 9.10. The van der Waals surface area contributed by atoms with Gasteiger partial charge >= 0.3 is 0 Å². The SMILES string of the molecule is CC(C)(Br)C(=O)Nc1ccc(C(=O)NCCO)cc1. The minimum atomic E-state index is -0.649. The number of benzene rings is 1. The molecule has 0 saturated carbocycles. The molecule has 0 spiro atoms. The van der Waals surface area contributed by atoms with E-state index >= 15 is 0 Å². The summed E-state index contributed by atoms with van der Waals surface area (Å²) in [7, 11) is 0. The zero-order chi connectivity index (χ0) is 14.5. The molecule has 19 heavy (non-hydrogen) atoms. The zero-order valence-corrected chi connectivity index (χ0v) is 12.5. The first-order valence-corrected chi connectivity index (χ1v) is 6.63. The van der Waals surface area contributed by atoms with Crippen LogP contribution in [0.15, 0.2) is 24.3 Å². The first kappa shape index (κ1) is 15.7. The molecule has 0 aliphatic rings. The van der Waals surface area contributed by atoms with Crippen LogP contribution in [0.4, 0.5) is 5.69 Å². The molecule has 0 aliphatic carbocycles. The Morgan fingerprint density at radius 3 is 2.32 bits per heavy atom. The van der Waals surface area contributed by atoms with E-state index in [0.29, 0.717) is 11.3 Å². The zero-order valence-electron chi connectivity index (χ0n) is 10.9. The third-order valence-corrected chi connectivity index (χ3v) is 2.70. The second-order valence-electron chi connectivity index (χ2n) is 4.48. The number of amides is 2. The first-order valence-electron chi connectivity index (χ1n) is 5.84. The lowest BCUT2D eigenvalue weighted by Gasteiger charge is -2.15. The number of hydrogen-bond acceptors (Lipinski definition) is 3. The van der Waals surface area contributed by atoms with Gasteiger partial charge in [0.2, 0.25) is 5.91 Å². The molecule has 104 valence electrons. The number of anilines is 1. The highest BCUT2D eigenvalue weighted by Crippen LogP contribution is 2.19. The fraction of sp³-hybridized carbons (Fsp3) is 0.385. The first-order chi connectivity index (χ1) is 8.84. The summed E-state index contributed by atoms with van der Waals surface area (Å²) in [5.74, 6) is -0.419. The Balaban J connectivity index is 2.67. The molecule has 1 rings (SSSR count). The Labute approximate surface area is 120 Å². The molecule has 6 heteroatoms. The molecule has 2 amide bonds. The minimum Gasteiger partial charge on any atom is -0.395 e. The van der Waals surface area contributed by atoms with Crippen molar-refractivity contribution in [2.75, 3.05) is 18.5 Å². The molecule has 0 radical (unpaired) electrons. The molecule has 0 fully saturated rings. The van der Waals surface area contributed by atoms with E-state index in [1.807, 2.05) is 0 Å². The fourth-order valence-electron chi connectivity index (χ4n) is 1.26. The van der Waals surface area contributed by atoms with Crippen LogP contribution in [-0.4, -0.2) is 34.4 Å². The van der Waals surface area contributed by atoms with Crippen LogP contribution in [0.2, 0.25) is 0 Å². The molecule has 0 unspecified atom stereocenters. The topological polar surface area (TPSA) is 78.4 Å². The number of nitrogens with one attached hydrogen (secondary N) is 2. The van der Waals surface area contributed by atoms with Crippen LogP contribution in [0.1, 0.15) is 24.2 Å². The van der Waals surface area contributed by atoms with Gasteiger partial charge in [-0.05, 0) is 38.1 Å². The number of carbonyl (C=O) groups excluding carboxylic acids is 2. The van der Waals surface area contributed by atoms with Gasteiger partial charge in [-0.2, -0.15) is 0 Å². The monoisotopic (exact) mass is 328 g/mol. The summed E-state index contributed by atoms with van der Waals surface area (Å²) in [6.07, 6.45) is 0. The Hall–Kier alpha value is -1.40. The fourth-order valence-corrected chi connectivity index (χ4v) is 1.36. The molecule has 1 aromatic rings. The number of aliphatic hydroxyl groups is 1. The molecule has 5 nitrogen and oxygen atoms in total. The summed E-state index contributed by atoms with van der Waals surface area (Å²) in [6, 6.07) is 6.54. The third-order valence-electron chi connectivity index (χ3n) is 2.34. The number of rotatable bonds is 5. The van der Waals surface area contributed by atoms with Crippen molar-refractivity contribution in [3.63, 3.8) is 0 Å². The summed E-state index contributed by atoms with van der Waals surface area (Å²) in [5.41, 5.74) is 1.10. The van der Waals surface area contributed by atoms with Crippen LogP contribution in [0.25, 0.3) is 0 Å². The van der Waals surface area contributed by atoms with Crippen LogP contribution in [0.3, 0.4) is 0 Å². The number of halogens is 1. The molecule has 0 bridgehead atoms. The van der Waals surface area contributed by atoms with Crippen molar-refractivity contribution in [3.8, 4) is 0 Å². The average Bonchev–Trinajstić information content (AvgIpc) is 2.35. The quantitative estimate of drug-likeness (QED) is 0.717. The lowest BCUT2D eigenvalue weighted by Crippen LogP contribution is -2.31. The number of hydrogen-bond donors (Lipinski definition) is 3. The van der Waals surface area contributed by atoms with Gasteiger partial charge in [-0.15, -0.1) is 0 Å². The lowest BCUT2D eigenvalue weighted by molar-refractivity contribution is -0.117. The second-order valence-corrected chi connectivity index (χ2v) is 6.47. The Kier molecular flexibility index (Phi) is 5.50. The summed E-state index contributed by atoms with van der Waals surface area (Å²) >= 11 is 3.27. The van der Waals surface area contributed by atoms with Crippen LogP contribution in [-0.2, 0) is 4.79 Å². The van der Waals surface area contributed by atoms with Crippen LogP contribution < -0.4 is 10.6 Å². The van der Waals surface area contributed by atoms with Gasteiger partial charge in [-0.25, -0.2) is 0 Å². The largest absolute Gasteiger partial charge is 0.395 e. The third kappa shape index (κ3) is 5.00. The van der Waals surface area contributed by atoms with Gasteiger partial charge in [-0.3, -0.25) is 9.59 Å². The second kappa shape index (κ2) is 6.68. The normalized spacial score (nSPS) is 10.9. The maximum atomic E-state index is 11.7. The van der Waals surface area contributed by atoms with Gasteiger partial charge in [0.15, 0.2) is 0 Å². The van der Waals surface area contributed by atoms with E-state index in [0.717, 1.165) is 0 Å². The van der Waals surface area contributed by atoms with E-state index in [1.165, 1.54) is 0 Å². The van der Waals surface area contributed by atoms with Gasteiger partial charge in [0.1, 0.15) is 0 Å². The van der Waals surface area contributed by atoms with E-state index in [9.17, 15) is 9.59 Å². The number of carbonyl (C=O) groups is 2. The predicted octanol–water partition coefficient (Wildman–Crippen LogP) is 1.52. The van der Waals surface area contributed by atoms with E-state index in [2.05, 4.69) is 26.6 Å². The van der Waals surface area contributed by atoms with E-state index in [-0.39, 0.29) is 25.0 Å².